The van der Waals surface area contributed by atoms with Gasteiger partial charge in [-0.2, -0.15) is 0 Å². The van der Waals surface area contributed by atoms with E-state index in [-0.39, 0.29) is 43.5 Å². The lowest BCUT2D eigenvalue weighted by molar-refractivity contribution is -0.138. The molecule has 4 rings (SSSR count). The van der Waals surface area contributed by atoms with Crippen molar-refractivity contribution in [2.24, 2.45) is 0 Å². The molecule has 1 aliphatic rings. The van der Waals surface area contributed by atoms with Crippen molar-refractivity contribution in [2.45, 2.75) is 50.0 Å². The zero-order valence-corrected chi connectivity index (χ0v) is 22.2. The molecule has 0 unspecified atom stereocenters. The number of methoxy groups -OCH3 is 1. The number of carbonyl (C=O) groups is 1. The van der Waals surface area contributed by atoms with E-state index in [0.717, 1.165) is 23.8 Å². The van der Waals surface area contributed by atoms with Crippen LogP contribution in [0.5, 0.6) is 5.88 Å². The maximum Gasteiger partial charge on any atom is 0.222 e. The molecule has 1 amide bonds. The average Bonchev–Trinajstić information content (AvgIpc) is 2.96. The third kappa shape index (κ3) is 7.79. The predicted molar refractivity (Wildman–Crippen MR) is 146 cm³/mol. The number of amides is 1. The minimum Gasteiger partial charge on any atom is -0.481 e. The fourth-order valence-corrected chi connectivity index (χ4v) is 4.82. The molecule has 214 valence electrons. The molecule has 2 aromatic heterocycles. The number of hydrogen-bond donors (Lipinski definition) is 4. The van der Waals surface area contributed by atoms with Crippen molar-refractivity contribution in [1.82, 2.24) is 20.6 Å². The summed E-state index contributed by atoms with van der Waals surface area (Å²) in [4.78, 5) is 21.3. The van der Waals surface area contributed by atoms with Crippen LogP contribution in [0, 0.1) is 11.6 Å². The Labute approximate surface area is 231 Å². The molecule has 4 N–H and O–H groups in total. The van der Waals surface area contributed by atoms with Crippen molar-refractivity contribution in [3.8, 4) is 5.88 Å². The third-order valence-corrected chi connectivity index (χ3v) is 6.84. The Morgan fingerprint density at radius 3 is 2.90 bits per heavy atom. The molecule has 4 atom stereocenters. The van der Waals surface area contributed by atoms with Crippen molar-refractivity contribution in [3.05, 3.63) is 71.4 Å². The highest BCUT2D eigenvalue weighted by Gasteiger charge is 2.35. The summed E-state index contributed by atoms with van der Waals surface area (Å²) < 4.78 is 38.8. The van der Waals surface area contributed by atoms with Gasteiger partial charge in [0.1, 0.15) is 11.6 Å². The summed E-state index contributed by atoms with van der Waals surface area (Å²) >= 11 is 0. The molecule has 3 aromatic rings. The Hall–Kier alpha value is -3.51. The van der Waals surface area contributed by atoms with Gasteiger partial charge < -0.3 is 30.3 Å². The van der Waals surface area contributed by atoms with E-state index >= 15 is 0 Å². The number of halogens is 2. The van der Waals surface area contributed by atoms with Gasteiger partial charge in [-0.05, 0) is 48.7 Å². The molecule has 0 radical (unpaired) electrons. The van der Waals surface area contributed by atoms with Crippen molar-refractivity contribution < 1.29 is 33.3 Å². The molecule has 1 aromatic carbocycles. The van der Waals surface area contributed by atoms with E-state index in [9.17, 15) is 18.7 Å². The lowest BCUT2D eigenvalue weighted by Gasteiger charge is -2.38. The molecule has 40 heavy (non-hydrogen) atoms. The molecular formula is C29H34F2N4O5. The van der Waals surface area contributed by atoms with Gasteiger partial charge in [-0.3, -0.25) is 9.78 Å². The molecule has 0 spiro atoms. The highest BCUT2D eigenvalue weighted by molar-refractivity contribution is 5.78. The zero-order chi connectivity index (χ0) is 28.5. The second-order valence-corrected chi connectivity index (χ2v) is 9.61. The topological polar surface area (TPSA) is 126 Å². The standard InChI is InChI=1S/C29H34F2N4O5/c1-39-28-9-7-23-29(35-28)19(10-12-33-23)16-24(37)25-8-6-22(26(40-25)17-27(38)34-13-14-36)32-11-2-3-18-15-20(30)4-5-21(18)31/h2-5,7,9-10,12,15,22,24-26,32,36-37H,6,8,11,13-14,16-17H2,1H3,(H,34,38)/t22-,24+,25+,26-/m1/s1. The molecule has 0 bridgehead atoms. The first-order valence-electron chi connectivity index (χ1n) is 13.2. The highest BCUT2D eigenvalue weighted by Crippen LogP contribution is 2.27. The molecule has 0 saturated carbocycles. The van der Waals surface area contributed by atoms with Gasteiger partial charge in [0.15, 0.2) is 0 Å². The van der Waals surface area contributed by atoms with Crippen LogP contribution in [0.4, 0.5) is 8.78 Å². The van der Waals surface area contributed by atoms with Gasteiger partial charge in [-0.25, -0.2) is 13.8 Å². The normalized spacial score (nSPS) is 20.1. The minimum absolute atomic E-state index is 0.0278. The largest absolute Gasteiger partial charge is 0.481 e. The van der Waals surface area contributed by atoms with Gasteiger partial charge in [0.2, 0.25) is 11.8 Å². The van der Waals surface area contributed by atoms with Gasteiger partial charge in [-0.1, -0.05) is 12.2 Å². The van der Waals surface area contributed by atoms with Gasteiger partial charge in [0.25, 0.3) is 0 Å². The second-order valence-electron chi connectivity index (χ2n) is 9.61. The van der Waals surface area contributed by atoms with Crippen LogP contribution in [0.15, 0.2) is 48.7 Å². The Balaban J connectivity index is 1.42. The van der Waals surface area contributed by atoms with Gasteiger partial charge in [0.05, 0.1) is 49.5 Å². The number of benzene rings is 1. The van der Waals surface area contributed by atoms with Gasteiger partial charge in [0, 0.05) is 43.4 Å². The summed E-state index contributed by atoms with van der Waals surface area (Å²) in [6.45, 7) is 0.284. The van der Waals surface area contributed by atoms with Crippen molar-refractivity contribution in [2.75, 3.05) is 26.8 Å². The number of aromatic nitrogens is 2. The SMILES string of the molecule is COc1ccc2nccc(C[C@H](O)[C@@H]3CC[C@@H](NCC=Cc4cc(F)ccc4F)[C@@H](CC(=O)NCCO)O3)c2n1. The molecular weight excluding hydrogens is 522 g/mol. The van der Waals surface area contributed by atoms with Gasteiger partial charge >= 0.3 is 0 Å². The van der Waals surface area contributed by atoms with Crippen molar-refractivity contribution >= 4 is 23.0 Å². The number of nitrogens with one attached hydrogen (secondary N) is 2. The van der Waals surface area contributed by atoms with Crippen LogP contribution in [0.1, 0.15) is 30.4 Å². The quantitative estimate of drug-likeness (QED) is 0.268. The zero-order valence-electron chi connectivity index (χ0n) is 22.2. The Morgan fingerprint density at radius 1 is 1.25 bits per heavy atom. The number of pyridine rings is 2. The first-order chi connectivity index (χ1) is 19.4. The Morgan fingerprint density at radius 2 is 2.10 bits per heavy atom. The summed E-state index contributed by atoms with van der Waals surface area (Å²) in [6, 6.07) is 8.37. The maximum absolute atomic E-state index is 13.9. The number of rotatable bonds is 12. The van der Waals surface area contributed by atoms with E-state index in [0.29, 0.717) is 36.3 Å². The number of aliphatic hydroxyl groups is 2. The highest BCUT2D eigenvalue weighted by atomic mass is 19.1. The fourth-order valence-electron chi connectivity index (χ4n) is 4.82. The van der Waals surface area contributed by atoms with Crippen LogP contribution in [0.3, 0.4) is 0 Å². The van der Waals surface area contributed by atoms with Crippen LogP contribution in [0.2, 0.25) is 0 Å². The first kappa shape index (κ1) is 29.5. The molecule has 1 saturated heterocycles. The molecule has 1 fully saturated rings. The summed E-state index contributed by atoms with van der Waals surface area (Å²) in [5.74, 6) is -0.885. The predicted octanol–water partition coefficient (Wildman–Crippen LogP) is 2.54. The smallest absolute Gasteiger partial charge is 0.222 e. The second kappa shape index (κ2) is 14.2. The Kier molecular flexibility index (Phi) is 10.5. The van der Waals surface area contributed by atoms with Gasteiger partial charge in [-0.15, -0.1) is 0 Å². The van der Waals surface area contributed by atoms with E-state index in [2.05, 4.69) is 20.6 Å². The molecule has 9 nitrogen and oxygen atoms in total. The number of hydrogen-bond acceptors (Lipinski definition) is 8. The molecule has 3 heterocycles. The molecule has 0 aliphatic carbocycles. The monoisotopic (exact) mass is 556 g/mol. The summed E-state index contributed by atoms with van der Waals surface area (Å²) in [7, 11) is 1.53. The van der Waals surface area contributed by atoms with E-state index in [1.165, 1.54) is 13.2 Å². The third-order valence-electron chi connectivity index (χ3n) is 6.84. The Bertz CT molecular complexity index is 1320. The number of carbonyl (C=O) groups excluding carboxylic acids is 1. The van der Waals surface area contributed by atoms with E-state index < -0.39 is 29.9 Å². The van der Waals surface area contributed by atoms with E-state index in [1.54, 1.807) is 24.4 Å². The number of aliphatic hydroxyl groups excluding tert-OH is 2. The van der Waals surface area contributed by atoms with E-state index in [1.807, 2.05) is 6.07 Å². The fraction of sp³-hybridized carbons (Fsp3) is 0.414. The number of ether oxygens (including phenoxy) is 2. The lowest BCUT2D eigenvalue weighted by atomic mass is 9.91. The number of nitrogens with zero attached hydrogens (tertiary/aromatic N) is 2. The summed E-state index contributed by atoms with van der Waals surface area (Å²) in [5, 5.41) is 26.1. The summed E-state index contributed by atoms with van der Waals surface area (Å²) in [6.07, 6.45) is 4.34. The van der Waals surface area contributed by atoms with Crippen molar-refractivity contribution in [1.29, 1.82) is 0 Å². The van der Waals surface area contributed by atoms with E-state index in [4.69, 9.17) is 14.6 Å². The van der Waals surface area contributed by atoms with Crippen LogP contribution >= 0.6 is 0 Å². The molecule has 1 aliphatic heterocycles. The summed E-state index contributed by atoms with van der Waals surface area (Å²) in [5.41, 5.74) is 2.26. The first-order valence-corrected chi connectivity index (χ1v) is 13.2. The lowest BCUT2D eigenvalue weighted by Crippen LogP contribution is -2.51. The van der Waals surface area contributed by atoms with Crippen LogP contribution in [-0.4, -0.2) is 77.2 Å². The van der Waals surface area contributed by atoms with Crippen LogP contribution < -0.4 is 15.4 Å². The van der Waals surface area contributed by atoms with Crippen LogP contribution in [0.25, 0.3) is 17.1 Å². The van der Waals surface area contributed by atoms with Crippen molar-refractivity contribution in [3.63, 3.8) is 0 Å². The number of fused-ring (bicyclic) bond motifs is 1. The minimum atomic E-state index is -0.863. The van der Waals surface area contributed by atoms with Crippen LogP contribution in [-0.2, 0) is 16.0 Å². The molecule has 11 heteroatoms. The maximum atomic E-state index is 13.9. The average molecular weight is 557 g/mol.